The molecular weight excluding hydrogens is 288 g/mol. The Bertz CT molecular complexity index is 681. The van der Waals surface area contributed by atoms with Gasteiger partial charge in [-0.25, -0.2) is 0 Å². The summed E-state index contributed by atoms with van der Waals surface area (Å²) in [6.45, 7) is 3.60. The molecule has 3 rings (SSSR count). The molecule has 6 nitrogen and oxygen atoms in total. The largest absolute Gasteiger partial charge is 0.350 e. The number of anilines is 1. The highest BCUT2D eigenvalue weighted by atomic mass is 35.5. The van der Waals surface area contributed by atoms with Crippen molar-refractivity contribution >= 4 is 17.4 Å². The van der Waals surface area contributed by atoms with Gasteiger partial charge in [-0.15, -0.1) is 15.0 Å². The summed E-state index contributed by atoms with van der Waals surface area (Å²) < 4.78 is 0. The number of rotatable bonds is 2. The summed E-state index contributed by atoms with van der Waals surface area (Å²) in [5.74, 6) is 0.644. The van der Waals surface area contributed by atoms with Crippen LogP contribution in [0.5, 0.6) is 0 Å². The number of piperazine rings is 1. The zero-order valence-corrected chi connectivity index (χ0v) is 12.5. The average Bonchev–Trinajstić information content (AvgIpc) is 2.92. The standard InChI is InChI=1S/C14H15ClN6/c1-19-5-7-20(8-6-19)14-13(10-16)17-21(18-14)12-4-2-3-11(15)9-12/h2-4,9H,5-8H2,1H3. The van der Waals surface area contributed by atoms with Gasteiger partial charge in [-0.1, -0.05) is 17.7 Å². The Morgan fingerprint density at radius 2 is 1.95 bits per heavy atom. The molecule has 0 bridgehead atoms. The maximum Gasteiger partial charge on any atom is 0.207 e. The van der Waals surface area contributed by atoms with Crippen LogP contribution < -0.4 is 4.90 Å². The predicted molar refractivity (Wildman–Crippen MR) is 80.8 cm³/mol. The summed E-state index contributed by atoms with van der Waals surface area (Å²) in [5, 5.41) is 18.6. The number of aromatic nitrogens is 3. The van der Waals surface area contributed by atoms with E-state index in [9.17, 15) is 5.26 Å². The Hall–Kier alpha value is -2.10. The minimum atomic E-state index is 0.347. The minimum Gasteiger partial charge on any atom is -0.350 e. The molecule has 0 radical (unpaired) electrons. The Morgan fingerprint density at radius 3 is 2.62 bits per heavy atom. The second kappa shape index (κ2) is 5.72. The molecule has 0 N–H and O–H groups in total. The highest BCUT2D eigenvalue weighted by Crippen LogP contribution is 2.20. The van der Waals surface area contributed by atoms with Gasteiger partial charge in [0, 0.05) is 31.2 Å². The molecule has 0 aliphatic carbocycles. The maximum atomic E-state index is 9.29. The Morgan fingerprint density at radius 1 is 1.19 bits per heavy atom. The van der Waals surface area contributed by atoms with Crippen LogP contribution in [-0.2, 0) is 0 Å². The van der Waals surface area contributed by atoms with Gasteiger partial charge in [0.05, 0.1) is 5.69 Å². The lowest BCUT2D eigenvalue weighted by molar-refractivity contribution is 0.312. The van der Waals surface area contributed by atoms with E-state index in [1.807, 2.05) is 12.1 Å². The van der Waals surface area contributed by atoms with E-state index in [1.165, 1.54) is 4.80 Å². The molecule has 0 atom stereocenters. The first-order chi connectivity index (χ1) is 10.2. The fourth-order valence-corrected chi connectivity index (χ4v) is 2.50. The first-order valence-corrected chi connectivity index (χ1v) is 7.12. The highest BCUT2D eigenvalue weighted by molar-refractivity contribution is 6.30. The van der Waals surface area contributed by atoms with Crippen LogP contribution in [0, 0.1) is 11.3 Å². The van der Waals surface area contributed by atoms with E-state index in [0.29, 0.717) is 16.5 Å². The van der Waals surface area contributed by atoms with Crippen molar-refractivity contribution < 1.29 is 0 Å². The number of likely N-dealkylation sites (N-methyl/N-ethyl adjacent to an activating group) is 1. The van der Waals surface area contributed by atoms with Gasteiger partial charge in [0.1, 0.15) is 6.07 Å². The molecule has 1 fully saturated rings. The molecular formula is C14H15ClN6. The zero-order valence-electron chi connectivity index (χ0n) is 11.7. The van der Waals surface area contributed by atoms with Crippen molar-refractivity contribution in [2.24, 2.45) is 0 Å². The lowest BCUT2D eigenvalue weighted by Gasteiger charge is -2.32. The monoisotopic (exact) mass is 302 g/mol. The topological polar surface area (TPSA) is 61.0 Å². The van der Waals surface area contributed by atoms with Crippen LogP contribution >= 0.6 is 11.6 Å². The quantitative estimate of drug-likeness (QED) is 0.842. The fraction of sp³-hybridized carbons (Fsp3) is 0.357. The van der Waals surface area contributed by atoms with Gasteiger partial charge in [-0.3, -0.25) is 0 Å². The second-order valence-corrected chi connectivity index (χ2v) is 5.48. The van der Waals surface area contributed by atoms with Crippen molar-refractivity contribution in [2.75, 3.05) is 38.1 Å². The fourth-order valence-electron chi connectivity index (χ4n) is 2.32. The highest BCUT2D eigenvalue weighted by Gasteiger charge is 2.22. The normalized spacial score (nSPS) is 16.0. The van der Waals surface area contributed by atoms with Crippen molar-refractivity contribution in [3.63, 3.8) is 0 Å². The summed E-state index contributed by atoms with van der Waals surface area (Å²) in [7, 11) is 2.09. The first-order valence-electron chi connectivity index (χ1n) is 6.74. The van der Waals surface area contributed by atoms with E-state index in [1.54, 1.807) is 12.1 Å². The number of hydrogen-bond donors (Lipinski definition) is 0. The third-order valence-corrected chi connectivity index (χ3v) is 3.78. The lowest BCUT2D eigenvalue weighted by Crippen LogP contribution is -2.45. The van der Waals surface area contributed by atoms with Crippen LogP contribution in [0.1, 0.15) is 5.69 Å². The van der Waals surface area contributed by atoms with Gasteiger partial charge in [0.25, 0.3) is 0 Å². The van der Waals surface area contributed by atoms with Gasteiger partial charge in [-0.2, -0.15) is 5.26 Å². The summed E-state index contributed by atoms with van der Waals surface area (Å²) in [5.41, 5.74) is 1.10. The number of benzene rings is 1. The molecule has 0 spiro atoms. The first kappa shape index (κ1) is 13.9. The van der Waals surface area contributed by atoms with E-state index < -0.39 is 0 Å². The Balaban J connectivity index is 1.94. The SMILES string of the molecule is CN1CCN(c2nn(-c3cccc(Cl)c3)nc2C#N)CC1. The average molecular weight is 303 g/mol. The molecule has 0 amide bonds. The maximum absolute atomic E-state index is 9.29. The Labute approximate surface area is 128 Å². The minimum absolute atomic E-state index is 0.347. The molecule has 1 aliphatic rings. The number of nitrogens with zero attached hydrogens (tertiary/aromatic N) is 6. The van der Waals surface area contributed by atoms with Crippen molar-refractivity contribution in [3.05, 3.63) is 35.0 Å². The molecule has 1 aliphatic heterocycles. The zero-order chi connectivity index (χ0) is 14.8. The van der Waals surface area contributed by atoms with E-state index >= 15 is 0 Å². The van der Waals surface area contributed by atoms with Crippen LogP contribution in [-0.4, -0.2) is 53.1 Å². The summed E-state index contributed by atoms with van der Waals surface area (Å²) >= 11 is 5.99. The van der Waals surface area contributed by atoms with Crippen molar-refractivity contribution in [1.29, 1.82) is 5.26 Å². The predicted octanol–water partition coefficient (Wildman–Crippen LogP) is 1.54. The van der Waals surface area contributed by atoms with Gasteiger partial charge < -0.3 is 9.80 Å². The Kier molecular flexibility index (Phi) is 3.78. The van der Waals surface area contributed by atoms with Crippen LogP contribution in [0.15, 0.2) is 24.3 Å². The smallest absolute Gasteiger partial charge is 0.207 e. The van der Waals surface area contributed by atoms with E-state index in [-0.39, 0.29) is 0 Å². The van der Waals surface area contributed by atoms with Crippen LogP contribution in [0.2, 0.25) is 5.02 Å². The molecule has 7 heteroatoms. The summed E-state index contributed by atoms with van der Waals surface area (Å²) in [6, 6.07) is 9.39. The third kappa shape index (κ3) is 2.84. The van der Waals surface area contributed by atoms with Crippen LogP contribution in [0.25, 0.3) is 5.69 Å². The van der Waals surface area contributed by atoms with Crippen LogP contribution in [0.4, 0.5) is 5.82 Å². The van der Waals surface area contributed by atoms with Gasteiger partial charge in [-0.05, 0) is 25.2 Å². The molecule has 2 aromatic rings. The molecule has 1 aromatic carbocycles. The number of nitriles is 1. The van der Waals surface area contributed by atoms with E-state index in [4.69, 9.17) is 11.6 Å². The number of halogens is 1. The molecule has 108 valence electrons. The second-order valence-electron chi connectivity index (χ2n) is 5.04. The van der Waals surface area contributed by atoms with Crippen molar-refractivity contribution in [1.82, 2.24) is 19.9 Å². The molecule has 0 saturated carbocycles. The van der Waals surface area contributed by atoms with Gasteiger partial charge in [0.2, 0.25) is 5.69 Å². The summed E-state index contributed by atoms with van der Waals surface area (Å²) in [6.07, 6.45) is 0. The molecule has 21 heavy (non-hydrogen) atoms. The lowest BCUT2D eigenvalue weighted by atomic mass is 10.3. The van der Waals surface area contributed by atoms with Gasteiger partial charge >= 0.3 is 0 Å². The van der Waals surface area contributed by atoms with Crippen LogP contribution in [0.3, 0.4) is 0 Å². The van der Waals surface area contributed by atoms with E-state index in [2.05, 4.69) is 33.1 Å². The molecule has 1 saturated heterocycles. The molecule has 0 unspecified atom stereocenters. The summed E-state index contributed by atoms with van der Waals surface area (Å²) in [4.78, 5) is 5.83. The van der Waals surface area contributed by atoms with Crippen molar-refractivity contribution in [3.8, 4) is 11.8 Å². The van der Waals surface area contributed by atoms with E-state index in [0.717, 1.165) is 31.9 Å². The number of hydrogen-bond acceptors (Lipinski definition) is 5. The molecule has 2 heterocycles. The molecule has 1 aromatic heterocycles. The van der Waals surface area contributed by atoms with Gasteiger partial charge in [0.15, 0.2) is 5.82 Å². The third-order valence-electron chi connectivity index (χ3n) is 3.54. The van der Waals surface area contributed by atoms with Crippen molar-refractivity contribution in [2.45, 2.75) is 0 Å².